The molecule has 0 aromatic heterocycles. The third-order valence-corrected chi connectivity index (χ3v) is 3.21. The van der Waals surface area contributed by atoms with E-state index in [9.17, 15) is 14.4 Å². The summed E-state index contributed by atoms with van der Waals surface area (Å²) in [6.45, 7) is 1.65. The number of hydrogen-bond acceptors (Lipinski definition) is 4. The van der Waals surface area contributed by atoms with Gasteiger partial charge in [0.25, 0.3) is 0 Å². The van der Waals surface area contributed by atoms with Gasteiger partial charge < -0.3 is 14.6 Å². The van der Waals surface area contributed by atoms with Crippen LogP contribution in [0.3, 0.4) is 0 Å². The molecule has 0 saturated heterocycles. The van der Waals surface area contributed by atoms with Crippen LogP contribution >= 0.6 is 0 Å². The molecule has 128 valence electrons. The maximum Gasteiger partial charge on any atom is 0.341 e. The summed E-state index contributed by atoms with van der Waals surface area (Å²) in [5.41, 5.74) is 0.972. The Balaban J connectivity index is 2.38. The smallest absolute Gasteiger partial charge is 0.341 e. The maximum atomic E-state index is 13.9. The number of carbonyl (C=O) groups is 1. The summed E-state index contributed by atoms with van der Waals surface area (Å²) < 4.78 is 24.5. The third-order valence-electron chi connectivity index (χ3n) is 3.21. The highest BCUT2D eigenvalue weighted by Crippen LogP contribution is 2.30. The highest BCUT2D eigenvalue weighted by molar-refractivity contribution is 5.90. The van der Waals surface area contributed by atoms with Crippen LogP contribution in [-0.4, -0.2) is 24.3 Å². The van der Waals surface area contributed by atoms with Gasteiger partial charge in [0, 0.05) is 5.56 Å². The second kappa shape index (κ2) is 8.50. The lowest BCUT2D eigenvalue weighted by molar-refractivity contribution is -0.139. The van der Waals surface area contributed by atoms with Gasteiger partial charge in [-0.05, 0) is 36.8 Å². The molecule has 2 aromatic rings. The number of allylic oxidation sites excluding steroid dienone is 1. The first-order valence-corrected chi connectivity index (χ1v) is 7.53. The second-order valence-corrected chi connectivity index (χ2v) is 4.97. The summed E-state index contributed by atoms with van der Waals surface area (Å²) in [4.78, 5) is 10.6. The van der Waals surface area contributed by atoms with Gasteiger partial charge in [-0.1, -0.05) is 24.3 Å². The Labute approximate surface area is 144 Å². The van der Waals surface area contributed by atoms with Gasteiger partial charge in [-0.25, -0.2) is 9.18 Å². The van der Waals surface area contributed by atoms with Gasteiger partial charge in [-0.2, -0.15) is 5.26 Å². The van der Waals surface area contributed by atoms with Crippen LogP contribution in [0.4, 0.5) is 4.39 Å². The van der Waals surface area contributed by atoms with Crippen molar-refractivity contribution in [2.75, 3.05) is 13.2 Å². The summed E-state index contributed by atoms with van der Waals surface area (Å²) in [5.74, 6) is -0.950. The summed E-state index contributed by atoms with van der Waals surface area (Å²) in [5, 5.41) is 18.0. The van der Waals surface area contributed by atoms with E-state index in [4.69, 9.17) is 14.6 Å². The Bertz CT molecular complexity index is 840. The first-order valence-electron chi connectivity index (χ1n) is 7.53. The largest absolute Gasteiger partial charge is 0.490 e. The number of hydrogen-bond donors (Lipinski definition) is 1. The predicted molar refractivity (Wildman–Crippen MR) is 90.6 cm³/mol. The minimum atomic E-state index is -1.10. The highest BCUT2D eigenvalue weighted by Gasteiger charge is 2.10. The number of ether oxygens (including phenoxy) is 2. The van der Waals surface area contributed by atoms with E-state index < -0.39 is 18.4 Å². The second-order valence-electron chi connectivity index (χ2n) is 4.97. The van der Waals surface area contributed by atoms with Crippen molar-refractivity contribution in [3.63, 3.8) is 0 Å². The quantitative estimate of drug-likeness (QED) is 0.613. The molecule has 0 aliphatic heterocycles. The molecule has 0 amide bonds. The van der Waals surface area contributed by atoms with E-state index >= 15 is 0 Å². The maximum absolute atomic E-state index is 13.9. The van der Waals surface area contributed by atoms with E-state index in [1.165, 1.54) is 18.2 Å². The van der Waals surface area contributed by atoms with Crippen LogP contribution < -0.4 is 9.47 Å². The molecular weight excluding hydrogens is 325 g/mol. The van der Waals surface area contributed by atoms with E-state index in [0.717, 1.165) is 0 Å². The molecule has 0 heterocycles. The first-order chi connectivity index (χ1) is 12.0. The average Bonchev–Trinajstić information content (AvgIpc) is 2.60. The van der Waals surface area contributed by atoms with Crippen LogP contribution in [0.5, 0.6) is 11.5 Å². The Hall–Kier alpha value is -3.33. The van der Waals surface area contributed by atoms with Crippen molar-refractivity contribution >= 4 is 17.6 Å². The lowest BCUT2D eigenvalue weighted by Gasteiger charge is -2.11. The molecule has 0 aliphatic rings. The Morgan fingerprint density at radius 3 is 2.64 bits per heavy atom. The normalized spacial score (nSPS) is 10.8. The van der Waals surface area contributed by atoms with Gasteiger partial charge in [0.1, 0.15) is 5.82 Å². The lowest BCUT2D eigenvalue weighted by atomic mass is 10.0. The van der Waals surface area contributed by atoms with E-state index in [1.807, 2.05) is 6.07 Å². The van der Waals surface area contributed by atoms with Crippen LogP contribution in [0.25, 0.3) is 11.6 Å². The topological polar surface area (TPSA) is 79.5 Å². The molecule has 0 fully saturated rings. The van der Waals surface area contributed by atoms with E-state index in [0.29, 0.717) is 17.9 Å². The Kier molecular flexibility index (Phi) is 6.13. The minimum absolute atomic E-state index is 0.166. The number of carboxylic acids is 1. The van der Waals surface area contributed by atoms with E-state index in [2.05, 4.69) is 0 Å². The molecule has 25 heavy (non-hydrogen) atoms. The van der Waals surface area contributed by atoms with Gasteiger partial charge in [-0.15, -0.1) is 0 Å². The highest BCUT2D eigenvalue weighted by atomic mass is 19.1. The van der Waals surface area contributed by atoms with Crippen LogP contribution in [-0.2, 0) is 4.79 Å². The van der Waals surface area contributed by atoms with Gasteiger partial charge in [0.2, 0.25) is 0 Å². The molecule has 0 saturated carbocycles. The van der Waals surface area contributed by atoms with Crippen LogP contribution in [0.1, 0.15) is 18.1 Å². The standard InChI is InChI=1S/C19H16FNO4/c1-2-24-18-10-13(7-8-17(18)25-12-19(22)23)9-14(11-21)15-5-3-4-6-16(15)20/h3-10H,2,12H2,1H3,(H,22,23). The van der Waals surface area contributed by atoms with Crippen LogP contribution in [0.15, 0.2) is 42.5 Å². The molecular formula is C19H16FNO4. The van der Waals surface area contributed by atoms with Crippen molar-refractivity contribution in [2.24, 2.45) is 0 Å². The molecule has 0 unspecified atom stereocenters. The summed E-state index contributed by atoms with van der Waals surface area (Å²) in [6, 6.07) is 12.8. The van der Waals surface area contributed by atoms with Crippen molar-refractivity contribution in [3.05, 3.63) is 59.4 Å². The number of aliphatic carboxylic acids is 1. The summed E-state index contributed by atoms with van der Waals surface area (Å²) in [6.07, 6.45) is 1.53. The first kappa shape index (κ1) is 18.0. The fourth-order valence-electron chi connectivity index (χ4n) is 2.16. The van der Waals surface area contributed by atoms with Crippen molar-refractivity contribution in [2.45, 2.75) is 6.92 Å². The van der Waals surface area contributed by atoms with Crippen molar-refractivity contribution in [3.8, 4) is 17.6 Å². The molecule has 0 atom stereocenters. The molecule has 1 N–H and O–H groups in total. The zero-order valence-corrected chi connectivity index (χ0v) is 13.5. The van der Waals surface area contributed by atoms with Gasteiger partial charge in [0.05, 0.1) is 18.2 Å². The Morgan fingerprint density at radius 2 is 2.00 bits per heavy atom. The zero-order chi connectivity index (χ0) is 18.2. The van der Waals surface area contributed by atoms with Crippen molar-refractivity contribution in [1.29, 1.82) is 5.26 Å². The SMILES string of the molecule is CCOc1cc(C=C(C#N)c2ccccc2F)ccc1OCC(=O)O. The molecule has 2 aromatic carbocycles. The van der Waals surface area contributed by atoms with Gasteiger partial charge in [0.15, 0.2) is 18.1 Å². The molecule has 0 bridgehead atoms. The van der Waals surface area contributed by atoms with Crippen LogP contribution in [0, 0.1) is 17.1 Å². The van der Waals surface area contributed by atoms with Gasteiger partial charge >= 0.3 is 5.97 Å². The zero-order valence-electron chi connectivity index (χ0n) is 13.5. The lowest BCUT2D eigenvalue weighted by Crippen LogP contribution is -2.10. The van der Waals surface area contributed by atoms with Crippen molar-refractivity contribution < 1.29 is 23.8 Å². The predicted octanol–water partition coefficient (Wildman–Crippen LogP) is 3.75. The number of rotatable bonds is 7. The molecule has 0 aliphatic carbocycles. The molecule has 5 nitrogen and oxygen atoms in total. The van der Waals surface area contributed by atoms with E-state index in [-0.39, 0.29) is 16.9 Å². The number of carboxylic acid groups (broad SMARTS) is 1. The summed E-state index contributed by atoms with van der Waals surface area (Å²) >= 11 is 0. The van der Waals surface area contributed by atoms with Gasteiger partial charge in [-0.3, -0.25) is 0 Å². The fraction of sp³-hybridized carbons (Fsp3) is 0.158. The van der Waals surface area contributed by atoms with Crippen molar-refractivity contribution in [1.82, 2.24) is 0 Å². The fourth-order valence-corrected chi connectivity index (χ4v) is 2.16. The number of nitriles is 1. The molecule has 0 spiro atoms. The monoisotopic (exact) mass is 341 g/mol. The molecule has 6 heteroatoms. The summed E-state index contributed by atoms with van der Waals surface area (Å²) in [7, 11) is 0. The van der Waals surface area contributed by atoms with E-state index in [1.54, 1.807) is 37.3 Å². The van der Waals surface area contributed by atoms with Crippen LogP contribution in [0.2, 0.25) is 0 Å². The number of halogens is 1. The third kappa shape index (κ3) is 4.82. The average molecular weight is 341 g/mol. The number of benzene rings is 2. The Morgan fingerprint density at radius 1 is 1.24 bits per heavy atom. The number of nitrogens with zero attached hydrogens (tertiary/aromatic N) is 1. The minimum Gasteiger partial charge on any atom is -0.490 e. The molecule has 0 radical (unpaired) electrons. The molecule has 2 rings (SSSR count).